The van der Waals surface area contributed by atoms with E-state index >= 15 is 0 Å². The highest BCUT2D eigenvalue weighted by atomic mass is 35.5. The molecule has 1 unspecified atom stereocenters. The number of halogens is 1. The van der Waals surface area contributed by atoms with Gasteiger partial charge < -0.3 is 10.1 Å². The maximum Gasteiger partial charge on any atom is 0.308 e. The number of amides is 1. The van der Waals surface area contributed by atoms with Crippen LogP contribution in [-0.2, 0) is 20.9 Å². The summed E-state index contributed by atoms with van der Waals surface area (Å²) in [6.45, 7) is 1.64. The number of carbonyl (C=O) groups is 2. The standard InChI is InChI=1S/C20H18ClNO3S/c1-13(23)22-18(14-6-8-16(21)9-7-14)10-20(24)25-11-15-12-26-19-5-3-2-4-17(15)19/h2-9,12,18H,10-11H2,1H3,(H,22,23). The molecule has 134 valence electrons. The van der Waals surface area contributed by atoms with E-state index < -0.39 is 6.04 Å². The first-order valence-corrected chi connectivity index (χ1v) is 9.42. The Morgan fingerprint density at radius 3 is 2.62 bits per heavy atom. The molecular formula is C20H18ClNO3S. The van der Waals surface area contributed by atoms with Crippen LogP contribution in [0.3, 0.4) is 0 Å². The molecule has 3 aromatic rings. The minimum Gasteiger partial charge on any atom is -0.461 e. The Morgan fingerprint density at radius 2 is 1.88 bits per heavy atom. The van der Waals surface area contributed by atoms with E-state index in [0.717, 1.165) is 21.2 Å². The van der Waals surface area contributed by atoms with Crippen LogP contribution in [0.5, 0.6) is 0 Å². The van der Waals surface area contributed by atoms with Crippen molar-refractivity contribution < 1.29 is 14.3 Å². The zero-order valence-corrected chi connectivity index (χ0v) is 15.8. The van der Waals surface area contributed by atoms with Crippen LogP contribution in [0.1, 0.15) is 30.5 Å². The second-order valence-electron chi connectivity index (χ2n) is 5.93. The first-order chi connectivity index (χ1) is 12.5. The summed E-state index contributed by atoms with van der Waals surface area (Å²) < 4.78 is 6.60. The lowest BCUT2D eigenvalue weighted by molar-refractivity contribution is -0.145. The van der Waals surface area contributed by atoms with Gasteiger partial charge in [-0.15, -0.1) is 11.3 Å². The number of fused-ring (bicyclic) bond motifs is 1. The van der Waals surface area contributed by atoms with Crippen LogP contribution in [0.25, 0.3) is 10.1 Å². The van der Waals surface area contributed by atoms with E-state index in [1.165, 1.54) is 6.92 Å². The maximum atomic E-state index is 12.3. The molecule has 3 rings (SSSR count). The Balaban J connectivity index is 1.65. The smallest absolute Gasteiger partial charge is 0.308 e. The van der Waals surface area contributed by atoms with Crippen LogP contribution in [0.2, 0.25) is 5.02 Å². The molecule has 1 amide bonds. The van der Waals surface area contributed by atoms with Crippen molar-refractivity contribution in [2.24, 2.45) is 0 Å². The van der Waals surface area contributed by atoms with Crippen LogP contribution >= 0.6 is 22.9 Å². The van der Waals surface area contributed by atoms with Gasteiger partial charge in [0, 0.05) is 22.2 Å². The molecule has 0 spiro atoms. The molecule has 0 radical (unpaired) electrons. The lowest BCUT2D eigenvalue weighted by atomic mass is 10.0. The summed E-state index contributed by atoms with van der Waals surface area (Å²) in [6, 6.07) is 14.6. The number of rotatable bonds is 6. The van der Waals surface area contributed by atoms with Gasteiger partial charge in [-0.05, 0) is 34.5 Å². The second kappa shape index (κ2) is 8.34. The van der Waals surface area contributed by atoms with Crippen molar-refractivity contribution in [2.45, 2.75) is 26.0 Å². The van der Waals surface area contributed by atoms with E-state index in [1.807, 2.05) is 29.6 Å². The van der Waals surface area contributed by atoms with Crippen molar-refractivity contribution in [1.29, 1.82) is 0 Å². The summed E-state index contributed by atoms with van der Waals surface area (Å²) in [6.07, 6.45) is 0.0588. The molecule has 1 heterocycles. The van der Waals surface area contributed by atoms with Crippen molar-refractivity contribution in [1.82, 2.24) is 5.32 Å². The molecule has 0 bridgehead atoms. The highest BCUT2D eigenvalue weighted by Gasteiger charge is 2.18. The monoisotopic (exact) mass is 387 g/mol. The van der Waals surface area contributed by atoms with Gasteiger partial charge in [0.1, 0.15) is 6.61 Å². The fourth-order valence-corrected chi connectivity index (χ4v) is 3.79. The molecule has 1 atom stereocenters. The van der Waals surface area contributed by atoms with Gasteiger partial charge >= 0.3 is 5.97 Å². The molecule has 0 saturated carbocycles. The number of carbonyl (C=O) groups excluding carboxylic acids is 2. The Hall–Kier alpha value is -2.37. The Kier molecular flexibility index (Phi) is 5.91. The Bertz CT molecular complexity index is 920. The molecule has 0 fully saturated rings. The number of thiophene rings is 1. The van der Waals surface area contributed by atoms with E-state index in [0.29, 0.717) is 5.02 Å². The fraction of sp³-hybridized carbons (Fsp3) is 0.200. The van der Waals surface area contributed by atoms with Gasteiger partial charge in [0.15, 0.2) is 0 Å². The molecule has 2 aromatic carbocycles. The number of hydrogen-bond donors (Lipinski definition) is 1. The molecule has 1 N–H and O–H groups in total. The largest absolute Gasteiger partial charge is 0.461 e. The molecule has 6 heteroatoms. The van der Waals surface area contributed by atoms with Crippen LogP contribution in [0, 0.1) is 0 Å². The normalized spacial score (nSPS) is 11.9. The molecule has 26 heavy (non-hydrogen) atoms. The van der Waals surface area contributed by atoms with Crippen LogP contribution in [-0.4, -0.2) is 11.9 Å². The van der Waals surface area contributed by atoms with Crippen LogP contribution in [0.4, 0.5) is 0 Å². The van der Waals surface area contributed by atoms with Gasteiger partial charge in [0.05, 0.1) is 12.5 Å². The highest BCUT2D eigenvalue weighted by Crippen LogP contribution is 2.26. The van der Waals surface area contributed by atoms with E-state index in [-0.39, 0.29) is 24.9 Å². The maximum absolute atomic E-state index is 12.3. The number of esters is 1. The first kappa shape index (κ1) is 18.4. The third-order valence-corrected chi connectivity index (χ3v) is 5.23. The number of hydrogen-bond acceptors (Lipinski definition) is 4. The van der Waals surface area contributed by atoms with Gasteiger partial charge in [0.25, 0.3) is 0 Å². The quantitative estimate of drug-likeness (QED) is 0.614. The van der Waals surface area contributed by atoms with Gasteiger partial charge in [-0.2, -0.15) is 0 Å². The predicted molar refractivity (Wildman–Crippen MR) is 104 cm³/mol. The second-order valence-corrected chi connectivity index (χ2v) is 7.27. The number of benzene rings is 2. The molecular weight excluding hydrogens is 370 g/mol. The summed E-state index contributed by atoms with van der Waals surface area (Å²) in [5.41, 5.74) is 1.80. The summed E-state index contributed by atoms with van der Waals surface area (Å²) in [5.74, 6) is -0.574. The van der Waals surface area contributed by atoms with Crippen molar-refractivity contribution in [3.05, 3.63) is 70.1 Å². The third kappa shape index (κ3) is 4.62. The molecule has 1 aromatic heterocycles. The minimum atomic E-state index is -0.448. The lowest BCUT2D eigenvalue weighted by Crippen LogP contribution is -2.28. The van der Waals surface area contributed by atoms with Crippen molar-refractivity contribution >= 4 is 44.9 Å². The number of nitrogens with one attached hydrogen (secondary N) is 1. The van der Waals surface area contributed by atoms with E-state index in [4.69, 9.17) is 16.3 Å². The first-order valence-electron chi connectivity index (χ1n) is 8.16. The average Bonchev–Trinajstić information content (AvgIpc) is 3.03. The van der Waals surface area contributed by atoms with Gasteiger partial charge in [-0.3, -0.25) is 9.59 Å². The summed E-state index contributed by atoms with van der Waals surface area (Å²) in [5, 5.41) is 6.49. The predicted octanol–water partition coefficient (Wildman–Crippen LogP) is 4.87. The SMILES string of the molecule is CC(=O)NC(CC(=O)OCc1csc2ccccc12)c1ccc(Cl)cc1. The van der Waals surface area contributed by atoms with E-state index in [9.17, 15) is 9.59 Å². The highest BCUT2D eigenvalue weighted by molar-refractivity contribution is 7.17. The zero-order valence-electron chi connectivity index (χ0n) is 14.2. The Morgan fingerprint density at radius 1 is 1.15 bits per heavy atom. The summed E-state index contributed by atoms with van der Waals surface area (Å²) in [4.78, 5) is 23.8. The van der Waals surface area contributed by atoms with E-state index in [1.54, 1.807) is 35.6 Å². The van der Waals surface area contributed by atoms with Crippen LogP contribution < -0.4 is 5.32 Å². The zero-order chi connectivity index (χ0) is 18.5. The lowest BCUT2D eigenvalue weighted by Gasteiger charge is -2.17. The molecule has 0 aliphatic heterocycles. The molecule has 0 aliphatic carbocycles. The summed E-state index contributed by atoms with van der Waals surface area (Å²) in [7, 11) is 0. The van der Waals surface area contributed by atoms with Gasteiger partial charge in [0.2, 0.25) is 5.91 Å². The molecule has 0 saturated heterocycles. The minimum absolute atomic E-state index is 0.0588. The van der Waals surface area contributed by atoms with Crippen molar-refractivity contribution in [2.75, 3.05) is 0 Å². The third-order valence-electron chi connectivity index (χ3n) is 3.97. The summed E-state index contributed by atoms with van der Waals surface area (Å²) >= 11 is 7.53. The van der Waals surface area contributed by atoms with Crippen molar-refractivity contribution in [3.8, 4) is 0 Å². The Labute approximate surface area is 160 Å². The van der Waals surface area contributed by atoms with Crippen molar-refractivity contribution in [3.63, 3.8) is 0 Å². The molecule has 0 aliphatic rings. The topological polar surface area (TPSA) is 55.4 Å². The van der Waals surface area contributed by atoms with Gasteiger partial charge in [-0.1, -0.05) is 41.9 Å². The average molecular weight is 388 g/mol. The van der Waals surface area contributed by atoms with Crippen LogP contribution in [0.15, 0.2) is 53.9 Å². The van der Waals surface area contributed by atoms with E-state index in [2.05, 4.69) is 5.32 Å². The molecule has 4 nitrogen and oxygen atoms in total. The van der Waals surface area contributed by atoms with Gasteiger partial charge in [-0.25, -0.2) is 0 Å². The fourth-order valence-electron chi connectivity index (χ4n) is 2.72. The number of ether oxygens (including phenoxy) is 1.